The Bertz CT molecular complexity index is 1080. The fraction of sp³-hybridized carbons (Fsp3) is 0.296. The molecule has 1 aromatic heterocycles. The number of carbonyl (C=O) groups is 2. The molecule has 2 amide bonds. The van der Waals surface area contributed by atoms with E-state index < -0.39 is 6.04 Å². The highest BCUT2D eigenvalue weighted by Crippen LogP contribution is 2.22. The molecule has 6 nitrogen and oxygen atoms in total. The molecule has 0 radical (unpaired) electrons. The predicted molar refractivity (Wildman–Crippen MR) is 128 cm³/mol. The number of ether oxygens (including phenoxy) is 1. The number of amides is 2. The van der Waals surface area contributed by atoms with Crippen molar-refractivity contribution in [3.05, 3.63) is 84.2 Å². The van der Waals surface area contributed by atoms with E-state index >= 15 is 0 Å². The first-order chi connectivity index (χ1) is 16.1. The first kappa shape index (κ1) is 22.5. The maximum absolute atomic E-state index is 13.2. The number of rotatable bonds is 7. The molecule has 0 spiro atoms. The van der Waals surface area contributed by atoms with Gasteiger partial charge in [0.1, 0.15) is 11.8 Å². The smallest absolute Gasteiger partial charge is 0.245 e. The summed E-state index contributed by atoms with van der Waals surface area (Å²) >= 11 is 0. The third-order valence-corrected chi connectivity index (χ3v) is 6.20. The van der Waals surface area contributed by atoms with E-state index in [4.69, 9.17) is 4.74 Å². The molecule has 2 heterocycles. The molecule has 1 saturated heterocycles. The van der Waals surface area contributed by atoms with Gasteiger partial charge in [0.25, 0.3) is 0 Å². The predicted octanol–water partition coefficient (Wildman–Crippen LogP) is 3.60. The Kier molecular flexibility index (Phi) is 7.03. The second kappa shape index (κ2) is 10.3. The summed E-state index contributed by atoms with van der Waals surface area (Å²) in [5.41, 5.74) is 4.13. The van der Waals surface area contributed by atoms with Crippen LogP contribution in [-0.4, -0.2) is 59.4 Å². The summed E-state index contributed by atoms with van der Waals surface area (Å²) in [6.07, 6.45) is 4.31. The van der Waals surface area contributed by atoms with Gasteiger partial charge in [0.05, 0.1) is 13.5 Å². The lowest BCUT2D eigenvalue weighted by Crippen LogP contribution is -2.59. The molecule has 0 aliphatic carbocycles. The Labute approximate surface area is 194 Å². The van der Waals surface area contributed by atoms with Crippen molar-refractivity contribution in [2.75, 3.05) is 26.7 Å². The zero-order chi connectivity index (χ0) is 23.2. The molecular weight excluding hydrogens is 414 g/mol. The highest BCUT2D eigenvalue weighted by atomic mass is 16.5. The summed E-state index contributed by atoms with van der Waals surface area (Å²) in [7, 11) is 1.62. The van der Waals surface area contributed by atoms with Crippen LogP contribution in [0.25, 0.3) is 11.1 Å². The summed E-state index contributed by atoms with van der Waals surface area (Å²) < 4.78 is 5.20. The van der Waals surface area contributed by atoms with Gasteiger partial charge in [0, 0.05) is 38.4 Å². The van der Waals surface area contributed by atoms with Gasteiger partial charge in [-0.1, -0.05) is 36.4 Å². The maximum atomic E-state index is 13.2. The van der Waals surface area contributed by atoms with Crippen molar-refractivity contribution in [2.24, 2.45) is 0 Å². The highest BCUT2D eigenvalue weighted by Gasteiger charge is 2.36. The average Bonchev–Trinajstić information content (AvgIpc) is 2.86. The average molecular weight is 444 g/mol. The van der Waals surface area contributed by atoms with Gasteiger partial charge < -0.3 is 14.5 Å². The van der Waals surface area contributed by atoms with Gasteiger partial charge in [-0.25, -0.2) is 0 Å². The van der Waals surface area contributed by atoms with Crippen LogP contribution in [0, 0.1) is 0 Å². The molecule has 33 heavy (non-hydrogen) atoms. The van der Waals surface area contributed by atoms with Gasteiger partial charge in [0.2, 0.25) is 11.8 Å². The van der Waals surface area contributed by atoms with Crippen molar-refractivity contribution < 1.29 is 14.3 Å². The van der Waals surface area contributed by atoms with E-state index in [1.165, 1.54) is 0 Å². The topological polar surface area (TPSA) is 62.7 Å². The van der Waals surface area contributed by atoms with Gasteiger partial charge >= 0.3 is 0 Å². The SMILES string of the molecule is CCN1CCN(C(=O)Cc2ccc(OC)cc2)[C@@H](Cc2ccc(-c3ccncc3)cc2)C1=O. The van der Waals surface area contributed by atoms with Gasteiger partial charge in [-0.15, -0.1) is 0 Å². The number of benzene rings is 2. The van der Waals surface area contributed by atoms with Gasteiger partial charge in [-0.3, -0.25) is 14.6 Å². The molecular formula is C27H29N3O3. The number of carbonyl (C=O) groups excluding carboxylic acids is 2. The van der Waals surface area contributed by atoms with E-state index in [0.717, 1.165) is 28.0 Å². The molecule has 2 aromatic carbocycles. The van der Waals surface area contributed by atoms with E-state index in [9.17, 15) is 9.59 Å². The first-order valence-corrected chi connectivity index (χ1v) is 11.3. The third kappa shape index (κ3) is 5.22. The van der Waals surface area contributed by atoms with Crippen LogP contribution in [0.1, 0.15) is 18.1 Å². The lowest BCUT2D eigenvalue weighted by atomic mass is 9.98. The van der Waals surface area contributed by atoms with Crippen LogP contribution >= 0.6 is 0 Å². The second-order valence-corrected chi connectivity index (χ2v) is 8.18. The summed E-state index contributed by atoms with van der Waals surface area (Å²) in [6.45, 7) is 3.75. The number of aromatic nitrogens is 1. The standard InChI is InChI=1S/C27H29N3O3/c1-3-29-16-17-30(26(31)19-21-6-10-24(33-2)11-7-21)25(27(29)32)18-20-4-8-22(9-5-20)23-12-14-28-15-13-23/h4-15,25H,3,16-19H2,1-2H3/t25-/m0/s1. The van der Waals surface area contributed by atoms with E-state index in [1.54, 1.807) is 24.4 Å². The largest absolute Gasteiger partial charge is 0.497 e. The van der Waals surface area contributed by atoms with E-state index in [1.807, 2.05) is 60.4 Å². The third-order valence-electron chi connectivity index (χ3n) is 6.20. The number of likely N-dealkylation sites (N-methyl/N-ethyl adjacent to an activating group) is 1. The van der Waals surface area contributed by atoms with E-state index in [2.05, 4.69) is 17.1 Å². The van der Waals surface area contributed by atoms with Crippen molar-refractivity contribution in [1.82, 2.24) is 14.8 Å². The number of nitrogens with zero attached hydrogens (tertiary/aromatic N) is 3. The summed E-state index contributed by atoms with van der Waals surface area (Å²) in [4.78, 5) is 34.1. The molecule has 1 fully saturated rings. The zero-order valence-corrected chi connectivity index (χ0v) is 19.1. The lowest BCUT2D eigenvalue weighted by molar-refractivity contribution is -0.150. The van der Waals surface area contributed by atoms with Crippen molar-refractivity contribution in [2.45, 2.75) is 25.8 Å². The number of hydrogen-bond acceptors (Lipinski definition) is 4. The number of hydrogen-bond donors (Lipinski definition) is 0. The van der Waals surface area contributed by atoms with Crippen LogP contribution in [0.2, 0.25) is 0 Å². The van der Waals surface area contributed by atoms with Gasteiger partial charge in [-0.2, -0.15) is 0 Å². The second-order valence-electron chi connectivity index (χ2n) is 8.18. The molecule has 0 bridgehead atoms. The van der Waals surface area contributed by atoms with Gasteiger partial charge in [0.15, 0.2) is 0 Å². The van der Waals surface area contributed by atoms with Crippen LogP contribution in [0.5, 0.6) is 5.75 Å². The molecule has 0 saturated carbocycles. The van der Waals surface area contributed by atoms with Crippen LogP contribution in [0.4, 0.5) is 0 Å². The number of methoxy groups -OCH3 is 1. The molecule has 0 unspecified atom stereocenters. The van der Waals surface area contributed by atoms with Crippen LogP contribution < -0.4 is 4.74 Å². The number of pyridine rings is 1. The zero-order valence-electron chi connectivity index (χ0n) is 19.1. The molecule has 4 rings (SSSR count). The summed E-state index contributed by atoms with van der Waals surface area (Å²) in [5, 5.41) is 0. The Morgan fingerprint density at radius 3 is 2.21 bits per heavy atom. The first-order valence-electron chi connectivity index (χ1n) is 11.3. The van der Waals surface area contributed by atoms with Crippen molar-refractivity contribution in [1.29, 1.82) is 0 Å². The minimum absolute atomic E-state index is 0.0186. The molecule has 1 aliphatic rings. The fourth-order valence-corrected chi connectivity index (χ4v) is 4.27. The summed E-state index contributed by atoms with van der Waals surface area (Å²) in [5.74, 6) is 0.749. The Morgan fingerprint density at radius 1 is 0.939 bits per heavy atom. The molecule has 0 N–H and O–H groups in total. The lowest BCUT2D eigenvalue weighted by Gasteiger charge is -2.40. The van der Waals surface area contributed by atoms with Crippen molar-refractivity contribution in [3.8, 4) is 16.9 Å². The normalized spacial score (nSPS) is 16.1. The molecule has 1 atom stereocenters. The molecule has 3 aromatic rings. The number of piperazine rings is 1. The summed E-state index contributed by atoms with van der Waals surface area (Å²) in [6, 6.07) is 19.1. The van der Waals surface area contributed by atoms with E-state index in [-0.39, 0.29) is 18.2 Å². The maximum Gasteiger partial charge on any atom is 0.245 e. The Morgan fingerprint density at radius 2 is 1.58 bits per heavy atom. The Balaban J connectivity index is 1.51. The van der Waals surface area contributed by atoms with Crippen LogP contribution in [0.3, 0.4) is 0 Å². The minimum Gasteiger partial charge on any atom is -0.497 e. The minimum atomic E-state index is -0.490. The Hall–Kier alpha value is -3.67. The van der Waals surface area contributed by atoms with Crippen molar-refractivity contribution in [3.63, 3.8) is 0 Å². The van der Waals surface area contributed by atoms with E-state index in [0.29, 0.717) is 26.1 Å². The molecule has 6 heteroatoms. The fourth-order valence-electron chi connectivity index (χ4n) is 4.27. The van der Waals surface area contributed by atoms with Gasteiger partial charge in [-0.05, 0) is 53.4 Å². The monoisotopic (exact) mass is 443 g/mol. The van der Waals surface area contributed by atoms with Crippen LogP contribution in [0.15, 0.2) is 73.1 Å². The molecule has 1 aliphatic heterocycles. The highest BCUT2D eigenvalue weighted by molar-refractivity contribution is 5.90. The van der Waals surface area contributed by atoms with Crippen LogP contribution in [-0.2, 0) is 22.4 Å². The quantitative estimate of drug-likeness (QED) is 0.560. The molecule has 170 valence electrons. The van der Waals surface area contributed by atoms with Crippen molar-refractivity contribution >= 4 is 11.8 Å².